The number of amides is 1. The summed E-state index contributed by atoms with van der Waals surface area (Å²) in [6.45, 7) is 1.86. The van der Waals surface area contributed by atoms with Crippen molar-refractivity contribution >= 4 is 28.5 Å². The van der Waals surface area contributed by atoms with Crippen LogP contribution in [0.3, 0.4) is 0 Å². The number of carbonyl (C=O) groups is 1. The number of allylic oxidation sites excluding steroid dienone is 1. The maximum Gasteiger partial charge on any atom is 0.255 e. The summed E-state index contributed by atoms with van der Waals surface area (Å²) in [5.74, 6) is 0.153. The number of hydrogen-bond acceptors (Lipinski definition) is 6. The second-order valence-electron chi connectivity index (χ2n) is 5.96. The number of carbonyl (C=O) groups excluding carboxylic acids is 1. The summed E-state index contributed by atoms with van der Waals surface area (Å²) in [6, 6.07) is 13.8. The number of amidine groups is 1. The molecule has 8 heteroatoms. The Morgan fingerprint density at radius 1 is 1.25 bits per heavy atom. The Morgan fingerprint density at radius 2 is 1.96 bits per heavy atom. The molecule has 1 unspecified atom stereocenters. The smallest absolute Gasteiger partial charge is 0.255 e. The quantitative estimate of drug-likeness (QED) is 0.528. The van der Waals surface area contributed by atoms with Gasteiger partial charge in [0.1, 0.15) is 6.04 Å². The SMILES string of the molecule is COc1cc(C2N=C(SC)NC(C)=C2C(=O)Nc2ccccc2)ccc1O.[I-]. The van der Waals surface area contributed by atoms with Crippen molar-refractivity contribution in [2.45, 2.75) is 13.0 Å². The largest absolute Gasteiger partial charge is 1.00 e. The number of methoxy groups -OCH3 is 1. The monoisotopic (exact) mass is 510 g/mol. The summed E-state index contributed by atoms with van der Waals surface area (Å²) in [7, 11) is 1.49. The first-order valence-corrected chi connectivity index (χ1v) is 9.59. The fraction of sp³-hybridized carbons (Fsp3) is 0.200. The van der Waals surface area contributed by atoms with E-state index in [0.717, 1.165) is 16.4 Å². The summed E-state index contributed by atoms with van der Waals surface area (Å²) in [5, 5.41) is 16.7. The van der Waals surface area contributed by atoms with Crippen LogP contribution in [-0.2, 0) is 4.79 Å². The van der Waals surface area contributed by atoms with Crippen LogP contribution in [0.15, 0.2) is 64.8 Å². The molecule has 3 rings (SSSR count). The zero-order chi connectivity index (χ0) is 19.4. The number of nitrogens with one attached hydrogen (secondary N) is 2. The van der Waals surface area contributed by atoms with Crippen LogP contribution in [0.25, 0.3) is 0 Å². The van der Waals surface area contributed by atoms with E-state index in [9.17, 15) is 9.90 Å². The summed E-state index contributed by atoms with van der Waals surface area (Å²) >= 11 is 1.47. The Kier molecular flexibility index (Phi) is 7.76. The van der Waals surface area contributed by atoms with Gasteiger partial charge in [-0.2, -0.15) is 0 Å². The van der Waals surface area contributed by atoms with Crippen LogP contribution in [0.5, 0.6) is 11.5 Å². The van der Waals surface area contributed by atoms with Gasteiger partial charge in [0.15, 0.2) is 16.7 Å². The van der Waals surface area contributed by atoms with Crippen molar-refractivity contribution in [1.29, 1.82) is 0 Å². The van der Waals surface area contributed by atoms with Crippen LogP contribution in [0.4, 0.5) is 5.69 Å². The van der Waals surface area contributed by atoms with E-state index in [0.29, 0.717) is 17.0 Å². The number of anilines is 1. The van der Waals surface area contributed by atoms with E-state index in [1.165, 1.54) is 18.9 Å². The van der Waals surface area contributed by atoms with Crippen LogP contribution in [-0.4, -0.2) is 29.5 Å². The Bertz CT molecular complexity index is 916. The molecule has 2 aromatic carbocycles. The third kappa shape index (κ3) is 4.79. The highest BCUT2D eigenvalue weighted by Gasteiger charge is 2.29. The molecule has 0 spiro atoms. The molecule has 0 aromatic heterocycles. The number of aromatic hydroxyl groups is 1. The molecular weight excluding hydrogens is 489 g/mol. The number of phenolic OH excluding ortho intramolecular Hbond substituents is 1. The van der Waals surface area contributed by atoms with Crippen LogP contribution in [0, 0.1) is 0 Å². The molecule has 6 nitrogen and oxygen atoms in total. The van der Waals surface area contributed by atoms with Crippen molar-refractivity contribution in [2.24, 2.45) is 4.99 Å². The van der Waals surface area contributed by atoms with Gasteiger partial charge in [0.05, 0.1) is 12.7 Å². The van der Waals surface area contributed by atoms with E-state index in [1.807, 2.05) is 43.5 Å². The van der Waals surface area contributed by atoms with Gasteiger partial charge in [-0.3, -0.25) is 4.79 Å². The van der Waals surface area contributed by atoms with E-state index >= 15 is 0 Å². The first kappa shape index (κ1) is 22.1. The number of nitrogens with zero attached hydrogens (tertiary/aromatic N) is 1. The summed E-state index contributed by atoms with van der Waals surface area (Å²) in [4.78, 5) is 17.7. The number of benzene rings is 2. The van der Waals surface area contributed by atoms with Gasteiger partial charge in [-0.25, -0.2) is 4.99 Å². The van der Waals surface area contributed by atoms with Gasteiger partial charge >= 0.3 is 0 Å². The highest BCUT2D eigenvalue weighted by atomic mass is 127. The van der Waals surface area contributed by atoms with Gasteiger partial charge in [-0.05, 0) is 43.0 Å². The lowest BCUT2D eigenvalue weighted by molar-refractivity contribution is -0.113. The zero-order valence-corrected chi connectivity index (χ0v) is 18.7. The lowest BCUT2D eigenvalue weighted by atomic mass is 9.95. The zero-order valence-electron chi connectivity index (χ0n) is 15.7. The average Bonchev–Trinajstić information content (AvgIpc) is 2.68. The van der Waals surface area contributed by atoms with E-state index in [1.54, 1.807) is 18.2 Å². The van der Waals surface area contributed by atoms with Gasteiger partial charge in [0.2, 0.25) is 0 Å². The molecule has 0 bridgehead atoms. The Hall–Kier alpha value is -2.20. The third-order valence-electron chi connectivity index (χ3n) is 4.21. The molecular formula is C20H21IN3O3S-. The Balaban J connectivity index is 0.00000280. The molecule has 2 aromatic rings. The molecule has 0 radical (unpaired) electrons. The molecule has 1 atom stereocenters. The molecule has 1 aliphatic rings. The summed E-state index contributed by atoms with van der Waals surface area (Å²) in [6.07, 6.45) is 1.92. The molecule has 3 N–H and O–H groups in total. The normalized spacial score (nSPS) is 15.8. The van der Waals surface area contributed by atoms with Crippen molar-refractivity contribution < 1.29 is 38.6 Å². The van der Waals surface area contributed by atoms with Crippen molar-refractivity contribution in [1.82, 2.24) is 5.32 Å². The Labute approximate surface area is 185 Å². The van der Waals surface area contributed by atoms with Gasteiger partial charge < -0.3 is 44.5 Å². The highest BCUT2D eigenvalue weighted by Crippen LogP contribution is 2.36. The Morgan fingerprint density at radius 3 is 2.61 bits per heavy atom. The summed E-state index contributed by atoms with van der Waals surface area (Å²) < 4.78 is 5.21. The van der Waals surface area contributed by atoms with Crippen LogP contribution < -0.4 is 39.3 Å². The van der Waals surface area contributed by atoms with Crippen LogP contribution in [0.2, 0.25) is 0 Å². The molecule has 1 heterocycles. The predicted octanol–water partition coefficient (Wildman–Crippen LogP) is 0.681. The molecule has 0 saturated heterocycles. The highest BCUT2D eigenvalue weighted by molar-refractivity contribution is 8.13. The molecule has 148 valence electrons. The maximum atomic E-state index is 13.0. The second kappa shape index (κ2) is 9.83. The van der Waals surface area contributed by atoms with Crippen molar-refractivity contribution in [3.05, 3.63) is 65.4 Å². The molecule has 0 saturated carbocycles. The number of thioether (sulfide) groups is 1. The van der Waals surface area contributed by atoms with Gasteiger partial charge in [-0.1, -0.05) is 36.0 Å². The van der Waals surface area contributed by atoms with E-state index in [2.05, 4.69) is 15.6 Å². The van der Waals surface area contributed by atoms with Crippen LogP contribution >= 0.6 is 11.8 Å². The lowest BCUT2D eigenvalue weighted by Gasteiger charge is -2.26. The predicted molar refractivity (Wildman–Crippen MR) is 109 cm³/mol. The van der Waals surface area contributed by atoms with Crippen molar-refractivity contribution in [3.8, 4) is 11.5 Å². The number of para-hydroxylation sites is 1. The van der Waals surface area contributed by atoms with Crippen LogP contribution in [0.1, 0.15) is 18.5 Å². The summed E-state index contributed by atoms with van der Waals surface area (Å²) in [5.41, 5.74) is 2.73. The van der Waals surface area contributed by atoms with E-state index in [-0.39, 0.29) is 35.6 Å². The van der Waals surface area contributed by atoms with E-state index in [4.69, 9.17) is 4.74 Å². The third-order valence-corrected chi connectivity index (χ3v) is 4.80. The molecule has 0 fully saturated rings. The minimum absolute atomic E-state index is 0. The minimum Gasteiger partial charge on any atom is -1.00 e. The van der Waals surface area contributed by atoms with E-state index < -0.39 is 6.04 Å². The molecule has 1 amide bonds. The molecule has 1 aliphatic heterocycles. The second-order valence-corrected chi connectivity index (χ2v) is 6.75. The molecule has 0 aliphatic carbocycles. The van der Waals surface area contributed by atoms with Gasteiger partial charge in [-0.15, -0.1) is 0 Å². The average molecular weight is 510 g/mol. The van der Waals surface area contributed by atoms with Gasteiger partial charge in [0, 0.05) is 11.4 Å². The number of phenols is 1. The number of rotatable bonds is 4. The number of aliphatic imine (C=N–C) groups is 1. The van der Waals surface area contributed by atoms with Gasteiger partial charge in [0.25, 0.3) is 5.91 Å². The van der Waals surface area contributed by atoms with Crippen molar-refractivity contribution in [3.63, 3.8) is 0 Å². The lowest BCUT2D eigenvalue weighted by Crippen LogP contribution is -3.00. The first-order chi connectivity index (χ1) is 13.0. The van der Waals surface area contributed by atoms with Crippen molar-refractivity contribution in [2.75, 3.05) is 18.7 Å². The number of halogens is 1. The standard InChI is InChI=1S/C20H21N3O3S.HI/c1-12-17(19(25)22-14-7-5-4-6-8-14)18(23-20(21-12)27-3)13-9-10-15(24)16(11-13)26-2;/h4-11,18,24H,1-3H3,(H,21,23)(H,22,25);1H/p-1. The minimum atomic E-state index is -0.507. The topological polar surface area (TPSA) is 83.0 Å². The molecule has 28 heavy (non-hydrogen) atoms. The fourth-order valence-corrected chi connectivity index (χ4v) is 3.34. The number of ether oxygens (including phenoxy) is 1. The maximum absolute atomic E-state index is 13.0. The number of hydrogen-bond donors (Lipinski definition) is 3. The first-order valence-electron chi connectivity index (χ1n) is 8.36. The fourth-order valence-electron chi connectivity index (χ4n) is 2.87.